The topological polar surface area (TPSA) is 36.4 Å². The van der Waals surface area contributed by atoms with Crippen LogP contribution in [0.5, 0.6) is 0 Å². The third-order valence-corrected chi connectivity index (χ3v) is 4.41. The van der Waals surface area contributed by atoms with Crippen LogP contribution in [-0.4, -0.2) is 23.0 Å². The zero-order valence-electron chi connectivity index (χ0n) is 7.92. The van der Waals surface area contributed by atoms with Crippen molar-refractivity contribution in [2.24, 2.45) is 4.99 Å². The predicted octanol–water partition coefficient (Wildman–Crippen LogP) is 1.55. The van der Waals surface area contributed by atoms with Gasteiger partial charge in [-0.1, -0.05) is 11.8 Å². The largest absolute Gasteiger partial charge is 0.368 e. The number of amidine groups is 1. The molecule has 5 heteroatoms. The Labute approximate surface area is 86.8 Å². The van der Waals surface area contributed by atoms with Crippen LogP contribution in [0, 0.1) is 0 Å². The second kappa shape index (κ2) is 3.46. The van der Waals surface area contributed by atoms with E-state index in [1.165, 1.54) is 10.6 Å². The van der Waals surface area contributed by atoms with E-state index < -0.39 is 0 Å². The van der Waals surface area contributed by atoms with Crippen molar-refractivity contribution >= 4 is 29.4 Å². The third kappa shape index (κ3) is 1.67. The Morgan fingerprint density at radius 2 is 2.23 bits per heavy atom. The third-order valence-electron chi connectivity index (χ3n) is 2.00. The van der Waals surface area contributed by atoms with Crippen molar-refractivity contribution in [2.45, 2.75) is 24.7 Å². The van der Waals surface area contributed by atoms with Gasteiger partial charge in [0.1, 0.15) is 10.5 Å². The van der Waals surface area contributed by atoms with Gasteiger partial charge in [0, 0.05) is 5.70 Å². The molecule has 0 fully saturated rings. The fourth-order valence-electron chi connectivity index (χ4n) is 1.45. The number of hydrogen-bond donors (Lipinski definition) is 2. The van der Waals surface area contributed by atoms with Gasteiger partial charge in [-0.3, -0.25) is 0 Å². The number of nitrogens with zero attached hydrogens (tertiary/aromatic N) is 1. The standard InChI is InChI=1S/C8H13N3S2/c1-4-6-7(10-5(2)9-4)11-8(12-3)13-6/h5,8-9H,1-3H3,(H,10,11). The molecule has 0 saturated carbocycles. The zero-order valence-corrected chi connectivity index (χ0v) is 9.55. The van der Waals surface area contributed by atoms with Gasteiger partial charge in [-0.2, -0.15) is 0 Å². The molecule has 2 aliphatic rings. The summed E-state index contributed by atoms with van der Waals surface area (Å²) in [7, 11) is 0. The lowest BCUT2D eigenvalue weighted by Gasteiger charge is -2.25. The lowest BCUT2D eigenvalue weighted by Crippen LogP contribution is -2.46. The van der Waals surface area contributed by atoms with Crippen molar-refractivity contribution in [3.8, 4) is 0 Å². The summed E-state index contributed by atoms with van der Waals surface area (Å²) in [4.78, 5) is 5.84. The van der Waals surface area contributed by atoms with Gasteiger partial charge in [-0.05, 0) is 20.1 Å². The maximum Gasteiger partial charge on any atom is 0.148 e. The normalized spacial score (nSPS) is 32.1. The lowest BCUT2D eigenvalue weighted by molar-refractivity contribution is 0.567. The monoisotopic (exact) mass is 215 g/mol. The minimum absolute atomic E-state index is 0.295. The molecule has 2 heterocycles. The van der Waals surface area contributed by atoms with Crippen molar-refractivity contribution in [3.63, 3.8) is 0 Å². The number of nitrogens with one attached hydrogen (secondary N) is 2. The predicted molar refractivity (Wildman–Crippen MR) is 60.8 cm³/mol. The molecule has 2 N–H and O–H groups in total. The van der Waals surface area contributed by atoms with Crippen LogP contribution in [0.4, 0.5) is 0 Å². The molecule has 2 aliphatic heterocycles. The van der Waals surface area contributed by atoms with Gasteiger partial charge < -0.3 is 10.6 Å². The minimum atomic E-state index is 0.295. The molecule has 13 heavy (non-hydrogen) atoms. The Balaban J connectivity index is 2.27. The van der Waals surface area contributed by atoms with Crippen LogP contribution in [0.2, 0.25) is 0 Å². The van der Waals surface area contributed by atoms with E-state index in [1.807, 2.05) is 11.8 Å². The first kappa shape index (κ1) is 9.27. The molecule has 0 radical (unpaired) electrons. The highest BCUT2D eigenvalue weighted by Crippen LogP contribution is 2.38. The van der Waals surface area contributed by atoms with Crippen LogP contribution in [0.3, 0.4) is 0 Å². The number of aliphatic imine (C=N–C) groups is 1. The zero-order chi connectivity index (χ0) is 9.42. The molecular formula is C8H13N3S2. The molecular weight excluding hydrogens is 202 g/mol. The summed E-state index contributed by atoms with van der Waals surface area (Å²) in [6, 6.07) is 0. The summed E-state index contributed by atoms with van der Waals surface area (Å²) >= 11 is 3.59. The first-order valence-electron chi connectivity index (χ1n) is 4.22. The molecule has 0 amide bonds. The van der Waals surface area contributed by atoms with Gasteiger partial charge >= 0.3 is 0 Å². The number of rotatable bonds is 1. The molecule has 2 unspecified atom stereocenters. The van der Waals surface area contributed by atoms with Gasteiger partial charge in [-0.15, -0.1) is 11.8 Å². The van der Waals surface area contributed by atoms with Gasteiger partial charge in [0.15, 0.2) is 0 Å². The van der Waals surface area contributed by atoms with E-state index in [2.05, 4.69) is 35.7 Å². The smallest absolute Gasteiger partial charge is 0.148 e. The summed E-state index contributed by atoms with van der Waals surface area (Å²) in [5, 5.41) is 6.67. The van der Waals surface area contributed by atoms with E-state index in [0.29, 0.717) is 10.9 Å². The fourth-order valence-corrected chi connectivity index (χ4v) is 3.15. The van der Waals surface area contributed by atoms with Crippen molar-refractivity contribution in [1.29, 1.82) is 0 Å². The quantitative estimate of drug-likeness (QED) is 0.696. The molecule has 3 nitrogen and oxygen atoms in total. The molecule has 2 atom stereocenters. The van der Waals surface area contributed by atoms with Gasteiger partial charge in [-0.25, -0.2) is 4.99 Å². The fraction of sp³-hybridized carbons (Fsp3) is 0.625. The van der Waals surface area contributed by atoms with E-state index in [9.17, 15) is 0 Å². The van der Waals surface area contributed by atoms with Crippen LogP contribution >= 0.6 is 23.5 Å². The van der Waals surface area contributed by atoms with E-state index in [4.69, 9.17) is 0 Å². The van der Waals surface area contributed by atoms with Gasteiger partial charge in [0.05, 0.1) is 11.1 Å². The number of fused-ring (bicyclic) bond motifs is 1. The first-order valence-corrected chi connectivity index (χ1v) is 6.39. The first-order chi connectivity index (χ1) is 6.20. The molecule has 0 saturated heterocycles. The van der Waals surface area contributed by atoms with Gasteiger partial charge in [0.25, 0.3) is 0 Å². The molecule has 2 rings (SSSR count). The molecule has 0 aliphatic carbocycles. The minimum Gasteiger partial charge on any atom is -0.368 e. The summed E-state index contributed by atoms with van der Waals surface area (Å²) in [6.45, 7) is 4.21. The van der Waals surface area contributed by atoms with Crippen molar-refractivity contribution in [2.75, 3.05) is 6.26 Å². The molecule has 72 valence electrons. The maximum absolute atomic E-state index is 4.56. The molecule has 0 aromatic heterocycles. The molecule has 0 bridgehead atoms. The molecule has 0 aromatic carbocycles. The van der Waals surface area contributed by atoms with Crippen LogP contribution < -0.4 is 10.6 Å². The SMILES string of the molecule is CSC1N=C2NC(C)NC(C)=C2S1. The Morgan fingerprint density at radius 3 is 2.92 bits per heavy atom. The highest BCUT2D eigenvalue weighted by molar-refractivity contribution is 8.19. The summed E-state index contributed by atoms with van der Waals surface area (Å²) in [5.41, 5.74) is 1.24. The van der Waals surface area contributed by atoms with Crippen LogP contribution in [0.25, 0.3) is 0 Å². The molecule has 0 spiro atoms. The number of hydrogen-bond acceptors (Lipinski definition) is 5. The summed E-state index contributed by atoms with van der Waals surface area (Å²) in [6.07, 6.45) is 2.38. The second-order valence-corrected chi connectivity index (χ2v) is 5.41. The Bertz CT molecular complexity index is 285. The van der Waals surface area contributed by atoms with E-state index in [0.717, 1.165) is 5.84 Å². The van der Waals surface area contributed by atoms with E-state index in [-0.39, 0.29) is 0 Å². The average Bonchev–Trinajstić information content (AvgIpc) is 2.47. The highest BCUT2D eigenvalue weighted by atomic mass is 32.2. The van der Waals surface area contributed by atoms with Crippen molar-refractivity contribution in [1.82, 2.24) is 10.6 Å². The van der Waals surface area contributed by atoms with E-state index >= 15 is 0 Å². The lowest BCUT2D eigenvalue weighted by atomic mass is 10.3. The number of thioether (sulfide) groups is 2. The summed E-state index contributed by atoms with van der Waals surface area (Å²) < 4.78 is 0.333. The van der Waals surface area contributed by atoms with E-state index in [1.54, 1.807) is 11.8 Å². The van der Waals surface area contributed by atoms with Gasteiger partial charge in [0.2, 0.25) is 0 Å². The number of allylic oxidation sites excluding steroid dienone is 1. The maximum atomic E-state index is 4.56. The van der Waals surface area contributed by atoms with Crippen molar-refractivity contribution < 1.29 is 0 Å². The average molecular weight is 215 g/mol. The van der Waals surface area contributed by atoms with Crippen LogP contribution in [-0.2, 0) is 0 Å². The molecule has 0 aromatic rings. The second-order valence-electron chi connectivity index (χ2n) is 3.10. The Kier molecular flexibility index (Phi) is 2.47. The Hall–Kier alpha value is -0.290. The van der Waals surface area contributed by atoms with Crippen molar-refractivity contribution in [3.05, 3.63) is 10.6 Å². The van der Waals surface area contributed by atoms with Crippen LogP contribution in [0.1, 0.15) is 13.8 Å². The Morgan fingerprint density at radius 1 is 1.46 bits per heavy atom. The highest BCUT2D eigenvalue weighted by Gasteiger charge is 2.28. The summed E-state index contributed by atoms with van der Waals surface area (Å²) in [5.74, 6) is 1.06. The van der Waals surface area contributed by atoms with Crippen LogP contribution in [0.15, 0.2) is 15.6 Å².